The van der Waals surface area contributed by atoms with Crippen molar-refractivity contribution < 1.29 is 0 Å². The largest absolute Gasteiger partial charge is 0.311 e. The first-order valence-corrected chi connectivity index (χ1v) is 8.09. The van der Waals surface area contributed by atoms with Crippen LogP contribution in [0.4, 0.5) is 0 Å². The summed E-state index contributed by atoms with van der Waals surface area (Å²) in [5, 5.41) is 4.01. The number of nitrogens with one attached hydrogen (secondary N) is 1. The van der Waals surface area contributed by atoms with Crippen LogP contribution in [0.25, 0.3) is 0 Å². The molecule has 3 saturated carbocycles. The zero-order valence-electron chi connectivity index (χ0n) is 11.5. The van der Waals surface area contributed by atoms with Crippen LogP contribution in [0.5, 0.6) is 0 Å². The van der Waals surface area contributed by atoms with Crippen molar-refractivity contribution in [2.24, 2.45) is 17.8 Å². The lowest BCUT2D eigenvalue weighted by Gasteiger charge is -2.31. The van der Waals surface area contributed by atoms with Gasteiger partial charge in [0, 0.05) is 12.1 Å². The van der Waals surface area contributed by atoms with Crippen molar-refractivity contribution in [1.82, 2.24) is 5.32 Å². The second kappa shape index (κ2) is 5.30. The molecule has 2 bridgehead atoms. The first-order valence-electron chi connectivity index (χ1n) is 8.09. The molecule has 1 nitrogen and oxygen atoms in total. The minimum absolute atomic E-state index is 0.775. The van der Waals surface area contributed by atoms with Crippen LogP contribution in [0.15, 0.2) is 0 Å². The highest BCUT2D eigenvalue weighted by molar-refractivity contribution is 4.95. The van der Waals surface area contributed by atoms with Gasteiger partial charge in [-0.25, -0.2) is 0 Å². The fourth-order valence-corrected chi connectivity index (χ4v) is 4.73. The SMILES string of the molecule is C[C@@H](NC1CC2CCC1C2)C1CCCCCC1. The predicted molar refractivity (Wildman–Crippen MR) is 73.0 cm³/mol. The smallest absolute Gasteiger partial charge is 0.0101 e. The quantitative estimate of drug-likeness (QED) is 0.725. The van der Waals surface area contributed by atoms with Crippen LogP contribution in [-0.2, 0) is 0 Å². The van der Waals surface area contributed by atoms with Crippen molar-refractivity contribution in [3.8, 4) is 0 Å². The molecular formula is C16H29N. The van der Waals surface area contributed by atoms with Gasteiger partial charge in [0.1, 0.15) is 0 Å². The highest BCUT2D eigenvalue weighted by atomic mass is 15.0. The van der Waals surface area contributed by atoms with Crippen LogP contribution in [-0.4, -0.2) is 12.1 Å². The Morgan fingerprint density at radius 3 is 2.24 bits per heavy atom. The van der Waals surface area contributed by atoms with Crippen molar-refractivity contribution in [3.63, 3.8) is 0 Å². The monoisotopic (exact) mass is 235 g/mol. The molecule has 3 aliphatic rings. The third kappa shape index (κ3) is 2.70. The van der Waals surface area contributed by atoms with Gasteiger partial charge < -0.3 is 5.32 Å². The van der Waals surface area contributed by atoms with Gasteiger partial charge in [-0.05, 0) is 56.8 Å². The van der Waals surface area contributed by atoms with Crippen molar-refractivity contribution in [2.45, 2.75) is 83.2 Å². The number of hydrogen-bond donors (Lipinski definition) is 1. The molecule has 0 radical (unpaired) electrons. The number of fused-ring (bicyclic) bond motifs is 2. The molecule has 0 spiro atoms. The van der Waals surface area contributed by atoms with E-state index in [9.17, 15) is 0 Å². The van der Waals surface area contributed by atoms with E-state index in [0.29, 0.717) is 0 Å². The average Bonchev–Trinajstić information content (AvgIpc) is 2.82. The first-order chi connectivity index (χ1) is 8.33. The van der Waals surface area contributed by atoms with E-state index >= 15 is 0 Å². The van der Waals surface area contributed by atoms with Crippen molar-refractivity contribution >= 4 is 0 Å². The Balaban J connectivity index is 1.50. The van der Waals surface area contributed by atoms with Gasteiger partial charge in [-0.1, -0.05) is 32.1 Å². The molecule has 3 rings (SSSR count). The molecule has 17 heavy (non-hydrogen) atoms. The lowest BCUT2D eigenvalue weighted by Crippen LogP contribution is -2.43. The number of hydrogen-bond acceptors (Lipinski definition) is 1. The summed E-state index contributed by atoms with van der Waals surface area (Å²) in [6, 6.07) is 1.66. The molecule has 1 N–H and O–H groups in total. The predicted octanol–water partition coefficient (Wildman–Crippen LogP) is 4.12. The van der Waals surface area contributed by atoms with Crippen LogP contribution >= 0.6 is 0 Å². The highest BCUT2D eigenvalue weighted by Gasteiger charge is 2.40. The van der Waals surface area contributed by atoms with E-state index in [1.54, 1.807) is 0 Å². The second-order valence-corrected chi connectivity index (χ2v) is 6.99. The van der Waals surface area contributed by atoms with Crippen LogP contribution in [0.3, 0.4) is 0 Å². The zero-order valence-corrected chi connectivity index (χ0v) is 11.5. The molecule has 1 heteroatoms. The standard InChI is InChI=1S/C16H29N/c1-12(14-6-4-2-3-5-7-14)17-16-11-13-8-9-15(16)10-13/h12-17H,2-11H2,1H3/t12-,13?,15?,16?/m1/s1. The summed E-state index contributed by atoms with van der Waals surface area (Å²) >= 11 is 0. The fraction of sp³-hybridized carbons (Fsp3) is 1.00. The van der Waals surface area contributed by atoms with Gasteiger partial charge in [0.15, 0.2) is 0 Å². The van der Waals surface area contributed by atoms with E-state index in [0.717, 1.165) is 29.8 Å². The Morgan fingerprint density at radius 2 is 1.65 bits per heavy atom. The maximum atomic E-state index is 4.01. The Morgan fingerprint density at radius 1 is 0.882 bits per heavy atom. The summed E-state index contributed by atoms with van der Waals surface area (Å²) in [6.45, 7) is 2.46. The highest BCUT2D eigenvalue weighted by Crippen LogP contribution is 2.44. The van der Waals surface area contributed by atoms with Crippen molar-refractivity contribution in [3.05, 3.63) is 0 Å². The summed E-state index contributed by atoms with van der Waals surface area (Å²) in [5.41, 5.74) is 0. The molecule has 0 amide bonds. The Hall–Kier alpha value is -0.0400. The minimum atomic E-state index is 0.775. The molecule has 0 saturated heterocycles. The zero-order chi connectivity index (χ0) is 11.7. The van der Waals surface area contributed by atoms with Crippen molar-refractivity contribution in [2.75, 3.05) is 0 Å². The summed E-state index contributed by atoms with van der Waals surface area (Å²) in [6.07, 6.45) is 15.0. The lowest BCUT2D eigenvalue weighted by atomic mass is 9.89. The fourth-order valence-electron chi connectivity index (χ4n) is 4.73. The molecule has 0 aliphatic heterocycles. The molecule has 3 aliphatic carbocycles. The molecule has 4 atom stereocenters. The summed E-state index contributed by atoms with van der Waals surface area (Å²) in [4.78, 5) is 0. The maximum Gasteiger partial charge on any atom is 0.0101 e. The third-order valence-corrected chi connectivity index (χ3v) is 5.82. The van der Waals surface area contributed by atoms with Gasteiger partial charge in [0.25, 0.3) is 0 Å². The van der Waals surface area contributed by atoms with E-state index in [1.807, 2.05) is 0 Å². The summed E-state index contributed by atoms with van der Waals surface area (Å²) < 4.78 is 0. The van der Waals surface area contributed by atoms with Gasteiger partial charge in [0.2, 0.25) is 0 Å². The van der Waals surface area contributed by atoms with Gasteiger partial charge in [0.05, 0.1) is 0 Å². The topological polar surface area (TPSA) is 12.0 Å². The van der Waals surface area contributed by atoms with Crippen molar-refractivity contribution in [1.29, 1.82) is 0 Å². The van der Waals surface area contributed by atoms with E-state index in [-0.39, 0.29) is 0 Å². The van der Waals surface area contributed by atoms with E-state index < -0.39 is 0 Å². The Bertz CT molecular complexity index is 242. The van der Waals surface area contributed by atoms with Crippen LogP contribution in [0.2, 0.25) is 0 Å². The first kappa shape index (κ1) is 12.0. The maximum absolute atomic E-state index is 4.01. The van der Waals surface area contributed by atoms with Gasteiger partial charge in [-0.15, -0.1) is 0 Å². The Kier molecular flexibility index (Phi) is 3.75. The third-order valence-electron chi connectivity index (χ3n) is 5.82. The second-order valence-electron chi connectivity index (χ2n) is 6.99. The van der Waals surface area contributed by atoms with Crippen LogP contribution in [0, 0.1) is 17.8 Å². The van der Waals surface area contributed by atoms with Gasteiger partial charge >= 0.3 is 0 Å². The molecule has 0 aromatic heterocycles. The van der Waals surface area contributed by atoms with E-state index in [1.165, 1.54) is 64.2 Å². The average molecular weight is 235 g/mol. The molecular weight excluding hydrogens is 206 g/mol. The molecule has 0 aromatic carbocycles. The summed E-state index contributed by atoms with van der Waals surface area (Å²) in [5.74, 6) is 3.09. The molecule has 98 valence electrons. The van der Waals surface area contributed by atoms with Crippen LogP contribution in [0.1, 0.15) is 71.1 Å². The molecule has 0 heterocycles. The van der Waals surface area contributed by atoms with Gasteiger partial charge in [-0.2, -0.15) is 0 Å². The molecule has 3 fully saturated rings. The molecule has 0 aromatic rings. The molecule has 3 unspecified atom stereocenters. The number of rotatable bonds is 3. The lowest BCUT2D eigenvalue weighted by molar-refractivity contribution is 0.262. The van der Waals surface area contributed by atoms with Gasteiger partial charge in [-0.3, -0.25) is 0 Å². The minimum Gasteiger partial charge on any atom is -0.311 e. The normalized spacial score (nSPS) is 40.4. The Labute approximate surface area is 107 Å². The van der Waals surface area contributed by atoms with E-state index in [2.05, 4.69) is 12.2 Å². The summed E-state index contributed by atoms with van der Waals surface area (Å²) in [7, 11) is 0. The van der Waals surface area contributed by atoms with Crippen LogP contribution < -0.4 is 5.32 Å². The van der Waals surface area contributed by atoms with E-state index in [4.69, 9.17) is 0 Å².